The van der Waals surface area contributed by atoms with Gasteiger partial charge in [0.15, 0.2) is 0 Å². The Balaban J connectivity index is 1.24. The van der Waals surface area contributed by atoms with Gasteiger partial charge in [0.1, 0.15) is 0 Å². The first kappa shape index (κ1) is 27.3. The van der Waals surface area contributed by atoms with E-state index in [-0.39, 0.29) is 0 Å². The van der Waals surface area contributed by atoms with Gasteiger partial charge in [-0.3, -0.25) is 0 Å². The monoisotopic (exact) mass is 596 g/mol. The van der Waals surface area contributed by atoms with Gasteiger partial charge in [-0.05, 0) is 100 Å². The standard InChI is InChI=1S/C47H32/c1-3-14-32(15-4-1)37-19-8-7-18-34(37)31-46-41-20-9-11-22-44(41)47(45-23-12-10-21-42(45)46)36-27-28-39-35(30-36)26-29-43-38(24-13-25-40(39)43)33-16-5-2-6-17-33/h1-30H,31H2. The number of fused-ring (bicyclic) bond motifs is 5. The summed E-state index contributed by atoms with van der Waals surface area (Å²) in [7, 11) is 0. The Morgan fingerprint density at radius 1 is 0.298 bits per heavy atom. The van der Waals surface area contributed by atoms with Crippen LogP contribution in [0, 0.1) is 0 Å². The molecule has 0 spiro atoms. The quantitative estimate of drug-likeness (QED) is 0.137. The van der Waals surface area contributed by atoms with Crippen molar-refractivity contribution in [2.75, 3.05) is 0 Å². The molecule has 9 rings (SSSR count). The van der Waals surface area contributed by atoms with Crippen LogP contribution in [0.5, 0.6) is 0 Å². The van der Waals surface area contributed by atoms with Crippen LogP contribution in [-0.4, -0.2) is 0 Å². The van der Waals surface area contributed by atoms with Crippen LogP contribution in [0.15, 0.2) is 182 Å². The second kappa shape index (κ2) is 11.4. The zero-order chi connectivity index (χ0) is 31.2. The lowest BCUT2D eigenvalue weighted by Crippen LogP contribution is -1.97. The molecule has 0 aliphatic rings. The highest BCUT2D eigenvalue weighted by atomic mass is 14.2. The highest BCUT2D eigenvalue weighted by Gasteiger charge is 2.17. The SMILES string of the molecule is c1ccc(-c2ccccc2Cc2c3ccccc3c(-c3ccc4c(ccc5c(-c6ccccc6)cccc54)c3)c3ccccc23)cc1. The van der Waals surface area contributed by atoms with Gasteiger partial charge in [0.2, 0.25) is 0 Å². The zero-order valence-corrected chi connectivity index (χ0v) is 26.0. The molecule has 47 heavy (non-hydrogen) atoms. The van der Waals surface area contributed by atoms with Crippen LogP contribution in [0.1, 0.15) is 11.1 Å². The molecule has 0 aromatic heterocycles. The van der Waals surface area contributed by atoms with Crippen LogP contribution in [0.2, 0.25) is 0 Å². The van der Waals surface area contributed by atoms with Crippen molar-refractivity contribution in [1.82, 2.24) is 0 Å². The molecule has 0 aliphatic carbocycles. The molecule has 0 heteroatoms. The van der Waals surface area contributed by atoms with Gasteiger partial charge in [0.05, 0.1) is 0 Å². The number of hydrogen-bond acceptors (Lipinski definition) is 0. The van der Waals surface area contributed by atoms with E-state index in [0.29, 0.717) is 0 Å². The van der Waals surface area contributed by atoms with E-state index in [4.69, 9.17) is 0 Å². The maximum absolute atomic E-state index is 2.39. The highest BCUT2D eigenvalue weighted by Crippen LogP contribution is 2.42. The van der Waals surface area contributed by atoms with Crippen molar-refractivity contribution in [3.05, 3.63) is 193 Å². The minimum atomic E-state index is 0.861. The van der Waals surface area contributed by atoms with Gasteiger partial charge in [-0.1, -0.05) is 176 Å². The Morgan fingerprint density at radius 3 is 1.53 bits per heavy atom. The molecule has 0 heterocycles. The fourth-order valence-electron chi connectivity index (χ4n) is 7.61. The second-order valence-corrected chi connectivity index (χ2v) is 12.4. The predicted octanol–water partition coefficient (Wildman–Crippen LogP) is 12.9. The van der Waals surface area contributed by atoms with Gasteiger partial charge in [0.25, 0.3) is 0 Å². The van der Waals surface area contributed by atoms with Gasteiger partial charge in [-0.2, -0.15) is 0 Å². The van der Waals surface area contributed by atoms with Crippen molar-refractivity contribution in [3.63, 3.8) is 0 Å². The Hall–Kier alpha value is -5.98. The van der Waals surface area contributed by atoms with Gasteiger partial charge >= 0.3 is 0 Å². The number of rotatable bonds is 5. The van der Waals surface area contributed by atoms with Gasteiger partial charge in [0, 0.05) is 0 Å². The number of benzene rings is 9. The molecule has 0 fully saturated rings. The Kier molecular flexibility index (Phi) is 6.65. The van der Waals surface area contributed by atoms with Crippen LogP contribution in [0.4, 0.5) is 0 Å². The molecule has 0 unspecified atom stereocenters. The molecule has 0 atom stereocenters. The first-order valence-corrected chi connectivity index (χ1v) is 16.4. The van der Waals surface area contributed by atoms with Crippen molar-refractivity contribution in [1.29, 1.82) is 0 Å². The van der Waals surface area contributed by atoms with Crippen LogP contribution in [-0.2, 0) is 6.42 Å². The summed E-state index contributed by atoms with van der Waals surface area (Å²) in [6.45, 7) is 0. The molecule has 9 aromatic rings. The normalized spacial score (nSPS) is 11.5. The third-order valence-electron chi connectivity index (χ3n) is 9.76. The second-order valence-electron chi connectivity index (χ2n) is 12.4. The molecule has 9 aromatic carbocycles. The zero-order valence-electron chi connectivity index (χ0n) is 26.0. The minimum absolute atomic E-state index is 0.861. The molecule has 0 N–H and O–H groups in total. The van der Waals surface area contributed by atoms with Gasteiger partial charge in [-0.25, -0.2) is 0 Å². The maximum atomic E-state index is 2.39. The van der Waals surface area contributed by atoms with Crippen molar-refractivity contribution in [2.24, 2.45) is 0 Å². The van der Waals surface area contributed by atoms with E-state index >= 15 is 0 Å². The minimum Gasteiger partial charge on any atom is -0.0622 e. The molecule has 0 bridgehead atoms. The topological polar surface area (TPSA) is 0 Å². The summed E-state index contributed by atoms with van der Waals surface area (Å²) in [5.74, 6) is 0. The fraction of sp³-hybridized carbons (Fsp3) is 0.0213. The highest BCUT2D eigenvalue weighted by molar-refractivity contribution is 6.17. The Bertz CT molecular complexity index is 2520. The lowest BCUT2D eigenvalue weighted by atomic mass is 9.84. The predicted molar refractivity (Wildman–Crippen MR) is 202 cm³/mol. The van der Waals surface area contributed by atoms with E-state index in [1.807, 2.05) is 0 Å². The molecule has 0 aliphatic heterocycles. The molecule has 220 valence electrons. The maximum Gasteiger partial charge on any atom is -0.000728 e. The van der Waals surface area contributed by atoms with E-state index < -0.39 is 0 Å². The molecule has 0 saturated heterocycles. The van der Waals surface area contributed by atoms with E-state index in [1.54, 1.807) is 0 Å². The molecule has 0 nitrogen and oxygen atoms in total. The summed E-state index contributed by atoms with van der Waals surface area (Å²) >= 11 is 0. The Labute approximate surface area is 275 Å². The first-order chi connectivity index (χ1) is 23.3. The van der Waals surface area contributed by atoms with Gasteiger partial charge in [-0.15, -0.1) is 0 Å². The summed E-state index contributed by atoms with van der Waals surface area (Å²) in [6.07, 6.45) is 0.861. The summed E-state index contributed by atoms with van der Waals surface area (Å²) in [4.78, 5) is 0. The van der Waals surface area contributed by atoms with E-state index in [1.165, 1.54) is 87.6 Å². The van der Waals surface area contributed by atoms with Crippen molar-refractivity contribution < 1.29 is 0 Å². The Morgan fingerprint density at radius 2 is 0.830 bits per heavy atom. The van der Waals surface area contributed by atoms with Crippen LogP contribution >= 0.6 is 0 Å². The van der Waals surface area contributed by atoms with Crippen LogP contribution < -0.4 is 0 Å². The average molecular weight is 597 g/mol. The van der Waals surface area contributed by atoms with Crippen LogP contribution in [0.25, 0.3) is 76.5 Å². The molecule has 0 radical (unpaired) electrons. The van der Waals surface area contributed by atoms with E-state index in [0.717, 1.165) is 6.42 Å². The third kappa shape index (κ3) is 4.69. The van der Waals surface area contributed by atoms with Crippen molar-refractivity contribution >= 4 is 43.1 Å². The lowest BCUT2D eigenvalue weighted by molar-refractivity contribution is 1.23. The summed E-state index contributed by atoms with van der Waals surface area (Å²) in [6, 6.07) is 66.6. The van der Waals surface area contributed by atoms with E-state index in [2.05, 4.69) is 182 Å². The van der Waals surface area contributed by atoms with Crippen molar-refractivity contribution in [3.8, 4) is 33.4 Å². The average Bonchev–Trinajstić information content (AvgIpc) is 3.15. The van der Waals surface area contributed by atoms with Crippen LogP contribution in [0.3, 0.4) is 0 Å². The smallest absolute Gasteiger partial charge is 0.000728 e. The number of hydrogen-bond donors (Lipinski definition) is 0. The molecule has 0 saturated carbocycles. The molecule has 0 amide bonds. The van der Waals surface area contributed by atoms with Crippen molar-refractivity contribution in [2.45, 2.75) is 6.42 Å². The van der Waals surface area contributed by atoms with E-state index in [9.17, 15) is 0 Å². The van der Waals surface area contributed by atoms with Gasteiger partial charge < -0.3 is 0 Å². The largest absolute Gasteiger partial charge is 0.0622 e. The molecular weight excluding hydrogens is 565 g/mol. The summed E-state index contributed by atoms with van der Waals surface area (Å²) in [5, 5.41) is 10.3. The lowest BCUT2D eigenvalue weighted by Gasteiger charge is -2.19. The fourth-order valence-corrected chi connectivity index (χ4v) is 7.61. The first-order valence-electron chi connectivity index (χ1n) is 16.4. The third-order valence-corrected chi connectivity index (χ3v) is 9.76. The molecular formula is C47H32. The summed E-state index contributed by atoms with van der Waals surface area (Å²) in [5.41, 5.74) is 10.3. The summed E-state index contributed by atoms with van der Waals surface area (Å²) < 4.78 is 0.